The van der Waals surface area contributed by atoms with Gasteiger partial charge >= 0.3 is 40.5 Å². The molecule has 0 rings (SSSR count). The van der Waals surface area contributed by atoms with Gasteiger partial charge in [-0.05, 0) is 34.6 Å². The zero-order valence-corrected chi connectivity index (χ0v) is 17.5. The van der Waals surface area contributed by atoms with Gasteiger partial charge in [0.2, 0.25) is 0 Å². The van der Waals surface area contributed by atoms with Gasteiger partial charge in [-0.25, -0.2) is 0 Å². The van der Waals surface area contributed by atoms with Gasteiger partial charge in [-0.2, -0.15) is 0 Å². The second kappa shape index (κ2) is 49.6. The van der Waals surface area contributed by atoms with E-state index in [2.05, 4.69) is 0 Å². The molecule has 0 heterocycles. The monoisotopic (exact) mass is 378 g/mol. The fourth-order valence-electron chi connectivity index (χ4n) is 0. The van der Waals surface area contributed by atoms with Gasteiger partial charge < -0.3 is 54.6 Å². The van der Waals surface area contributed by atoms with Gasteiger partial charge in [0.1, 0.15) is 0 Å². The van der Waals surface area contributed by atoms with Gasteiger partial charge in [0.15, 0.2) is 0 Å². The summed E-state index contributed by atoms with van der Waals surface area (Å²) in [6.07, 6.45) is 0. The van der Waals surface area contributed by atoms with E-state index in [9.17, 15) is 0 Å². The molecule has 0 atom stereocenters. The van der Waals surface area contributed by atoms with Crippen LogP contribution in [0.1, 0.15) is 34.6 Å². The van der Waals surface area contributed by atoms with Crippen molar-refractivity contribution < 1.29 is 84.2 Å². The van der Waals surface area contributed by atoms with E-state index < -0.39 is 29.8 Å². The first-order chi connectivity index (χ1) is 9.66. The second-order valence-electron chi connectivity index (χ2n) is 2.46. The summed E-state index contributed by atoms with van der Waals surface area (Å²) in [5.74, 6) is -5.42. The summed E-state index contributed by atoms with van der Waals surface area (Å²) >= 11 is 0. The van der Waals surface area contributed by atoms with E-state index in [1.165, 1.54) is 0 Å². The molecule has 0 bridgehead atoms. The van der Waals surface area contributed by atoms with Crippen LogP contribution in [0.3, 0.4) is 0 Å². The first-order valence-corrected chi connectivity index (χ1v) is 4.99. The maximum Gasteiger partial charge on any atom is 4.00 e. The minimum Gasteiger partial charge on any atom is -0.550 e. The van der Waals surface area contributed by atoms with Crippen LogP contribution in [-0.4, -0.2) is 53.0 Å². The van der Waals surface area contributed by atoms with Crippen molar-refractivity contribution in [1.29, 1.82) is 0 Å². The normalized spacial score (nSPS) is 5.46. The number of aliphatic hydroxyl groups excluding tert-OH is 1. The molecule has 134 valence electrons. The number of carbonyl (C=O) groups excluding carboxylic acids is 5. The Hall–Kier alpha value is -1.47. The molecule has 24 heavy (non-hydrogen) atoms. The Labute approximate surface area is 166 Å². The third-order valence-electron chi connectivity index (χ3n) is 0. The molecule has 0 aliphatic heterocycles. The van der Waals surface area contributed by atoms with E-state index in [0.29, 0.717) is 0 Å². The van der Waals surface area contributed by atoms with Crippen molar-refractivity contribution in [3.8, 4) is 0 Å². The summed E-state index contributed by atoms with van der Waals surface area (Å²) in [6.45, 7) is 4.86. The molecule has 13 heteroatoms. The second-order valence-corrected chi connectivity index (χ2v) is 2.46. The molecule has 0 unspecified atom stereocenters. The molecule has 0 saturated carbocycles. The molecule has 11 nitrogen and oxygen atoms in total. The van der Waals surface area contributed by atoms with Crippen LogP contribution in [0.25, 0.3) is 0 Å². The number of hydrogen-bond acceptors (Lipinski definition) is 11. The number of hydrogen-bond donors (Lipinski definition) is 1. The van der Waals surface area contributed by atoms with Crippen molar-refractivity contribution >= 4 is 40.8 Å². The Morgan fingerprint density at radius 2 is 0.500 bits per heavy atom. The van der Waals surface area contributed by atoms with Crippen molar-refractivity contribution in [3.63, 3.8) is 0 Å². The number of carbonyl (C=O) groups is 5. The Morgan fingerprint density at radius 1 is 0.500 bits per heavy atom. The van der Waals surface area contributed by atoms with Gasteiger partial charge in [-0.1, -0.05) is 0 Å². The Morgan fingerprint density at radius 3 is 0.500 bits per heavy atom. The van der Waals surface area contributed by atoms with Crippen LogP contribution in [0.5, 0.6) is 0 Å². The first kappa shape index (κ1) is 49.5. The minimum atomic E-state index is -1.08. The summed E-state index contributed by atoms with van der Waals surface area (Å²) < 4.78 is 0. The van der Waals surface area contributed by atoms with Crippen LogP contribution in [-0.2, 0) is 24.0 Å². The number of aliphatic hydroxyl groups is 1. The number of aliphatic carboxylic acids is 5. The van der Waals surface area contributed by atoms with Crippen LogP contribution in [0.4, 0.5) is 0 Å². The van der Waals surface area contributed by atoms with Crippen molar-refractivity contribution in [3.05, 3.63) is 0 Å². The van der Waals surface area contributed by atoms with Gasteiger partial charge in [0.25, 0.3) is 0 Å². The van der Waals surface area contributed by atoms with Gasteiger partial charge in [-0.15, -0.1) is 0 Å². The molecular formula is C11H19NaO11Si. The summed E-state index contributed by atoms with van der Waals surface area (Å²) in [5.41, 5.74) is 0. The molecular weight excluding hydrogens is 359 g/mol. The third kappa shape index (κ3) is 3610. The van der Waals surface area contributed by atoms with E-state index in [0.717, 1.165) is 41.7 Å². The average molecular weight is 378 g/mol. The zero-order chi connectivity index (χ0) is 19.9. The topological polar surface area (TPSA) is 221 Å². The average Bonchev–Trinajstić information content (AvgIpc) is 2.14. The Kier molecular flexibility index (Phi) is 102. The summed E-state index contributed by atoms with van der Waals surface area (Å²) in [7, 11) is 1.00. The molecule has 0 aromatic heterocycles. The van der Waals surface area contributed by atoms with E-state index in [1.54, 1.807) is 0 Å². The van der Waals surface area contributed by atoms with Crippen LogP contribution in [0.15, 0.2) is 0 Å². The van der Waals surface area contributed by atoms with E-state index in [4.69, 9.17) is 54.6 Å². The quantitative estimate of drug-likeness (QED) is 0.389. The molecule has 0 aromatic carbocycles. The summed E-state index contributed by atoms with van der Waals surface area (Å²) in [6, 6.07) is 0. The Bertz CT molecular complexity index is 219. The number of carboxylic acids is 5. The Balaban J connectivity index is -0.0000000212. The maximum atomic E-state index is 8.89. The van der Waals surface area contributed by atoms with Gasteiger partial charge in [0.05, 0.1) is 0 Å². The molecule has 0 fully saturated rings. The van der Waals surface area contributed by atoms with Crippen LogP contribution in [0.2, 0.25) is 0 Å². The summed E-state index contributed by atoms with van der Waals surface area (Å²) in [4.78, 5) is 44.4. The molecule has 0 aliphatic rings. The van der Waals surface area contributed by atoms with Crippen molar-refractivity contribution in [2.24, 2.45) is 0 Å². The molecule has 1 N–H and O–H groups in total. The first-order valence-electron chi connectivity index (χ1n) is 4.99. The smallest absolute Gasteiger partial charge is 0.550 e. The van der Waals surface area contributed by atoms with Crippen molar-refractivity contribution in [2.75, 3.05) is 7.11 Å². The predicted molar refractivity (Wildman–Crippen MR) is 67.3 cm³/mol. The molecule has 0 radical (unpaired) electrons. The van der Waals surface area contributed by atoms with E-state index in [1.807, 2.05) is 0 Å². The zero-order valence-electron chi connectivity index (χ0n) is 14.5. The van der Waals surface area contributed by atoms with Crippen LogP contribution < -0.4 is 55.1 Å². The fraction of sp³-hybridized carbons (Fsp3) is 0.545. The number of carboxylic acid groups (broad SMARTS) is 5. The SMILES string of the molecule is CC(=O)[O-].CC(=O)[O-].CC(=O)[O-].CC(=O)[O-].CC(=O)[O-].CO.[Na+].[Si+4]. The van der Waals surface area contributed by atoms with Gasteiger partial charge in [-0.3, -0.25) is 0 Å². The minimum absolute atomic E-state index is 0. The number of rotatable bonds is 0. The molecule has 0 aromatic rings. The largest absolute Gasteiger partial charge is 4.00 e. The maximum absolute atomic E-state index is 8.89. The van der Waals surface area contributed by atoms with Crippen LogP contribution >= 0.6 is 0 Å². The fourth-order valence-corrected chi connectivity index (χ4v) is 0. The van der Waals surface area contributed by atoms with Gasteiger partial charge in [0, 0.05) is 37.0 Å². The molecule has 0 spiro atoms. The molecule has 0 saturated heterocycles. The van der Waals surface area contributed by atoms with Crippen molar-refractivity contribution in [1.82, 2.24) is 0 Å². The van der Waals surface area contributed by atoms with E-state index in [-0.39, 0.29) is 40.5 Å². The molecule has 0 amide bonds. The third-order valence-corrected chi connectivity index (χ3v) is 0. The predicted octanol–water partition coefficient (Wildman–Crippen LogP) is -9.99. The van der Waals surface area contributed by atoms with Crippen LogP contribution in [0, 0.1) is 0 Å². The van der Waals surface area contributed by atoms with E-state index >= 15 is 0 Å². The van der Waals surface area contributed by atoms with Crippen molar-refractivity contribution in [2.45, 2.75) is 34.6 Å². The molecule has 0 aliphatic carbocycles. The summed E-state index contributed by atoms with van der Waals surface area (Å²) in [5, 5.41) is 51.4. The standard InChI is InChI=1S/5C2H4O2.CH4O.Na.Si/c5*1-2(3)4;1-2;;/h5*1H3,(H,3,4);2H,1H3;;/q;;;;;;+1;+4/p-5.